The van der Waals surface area contributed by atoms with Gasteiger partial charge in [0.25, 0.3) is 0 Å². The first-order chi connectivity index (χ1) is 17.4. The van der Waals surface area contributed by atoms with Crippen molar-refractivity contribution >= 4 is 5.78 Å². The highest BCUT2D eigenvalue weighted by Gasteiger charge is 2.29. The van der Waals surface area contributed by atoms with E-state index in [9.17, 15) is 4.79 Å². The van der Waals surface area contributed by atoms with E-state index in [-0.39, 0.29) is 18.0 Å². The van der Waals surface area contributed by atoms with Gasteiger partial charge in [0, 0.05) is 43.3 Å². The molecule has 0 radical (unpaired) electrons. The number of aromatic nitrogens is 2. The van der Waals surface area contributed by atoms with Gasteiger partial charge in [-0.05, 0) is 54.5 Å². The molecule has 184 valence electrons. The number of nitrogens with zero attached hydrogens (tertiary/aromatic N) is 3. The summed E-state index contributed by atoms with van der Waals surface area (Å²) in [5.74, 6) is -0.397. The van der Waals surface area contributed by atoms with Gasteiger partial charge in [-0.15, -0.1) is 0 Å². The number of rotatable bonds is 6. The number of halogens is 1. The number of nitrogens with one attached hydrogen (secondary N) is 1. The van der Waals surface area contributed by atoms with Gasteiger partial charge in [0.05, 0.1) is 5.69 Å². The molecule has 3 aromatic carbocycles. The van der Waals surface area contributed by atoms with E-state index < -0.39 is 6.04 Å². The smallest absolute Gasteiger partial charge is 0.183 e. The number of ketones is 1. The summed E-state index contributed by atoms with van der Waals surface area (Å²) in [5.41, 5.74) is 12.3. The first-order valence-electron chi connectivity index (χ1n) is 12.1. The number of carbonyl (C=O) groups is 1. The van der Waals surface area contributed by atoms with Gasteiger partial charge in [-0.3, -0.25) is 9.36 Å². The molecule has 4 aromatic rings. The number of benzene rings is 3. The predicted octanol–water partition coefficient (Wildman–Crippen LogP) is 4.62. The first-order valence-corrected chi connectivity index (χ1v) is 12.1. The van der Waals surface area contributed by atoms with Crippen LogP contribution in [0.4, 0.5) is 4.39 Å². The molecular formula is C29H30FN5O. The molecule has 0 saturated carbocycles. The number of fused-ring (bicyclic) bond motifs is 1. The van der Waals surface area contributed by atoms with Crippen LogP contribution in [0.25, 0.3) is 16.8 Å². The van der Waals surface area contributed by atoms with E-state index in [4.69, 9.17) is 5.73 Å². The molecule has 36 heavy (non-hydrogen) atoms. The molecule has 1 unspecified atom stereocenters. The fourth-order valence-corrected chi connectivity index (χ4v) is 4.89. The van der Waals surface area contributed by atoms with Gasteiger partial charge in [-0.1, -0.05) is 48.5 Å². The Hall–Kier alpha value is -3.65. The van der Waals surface area contributed by atoms with Gasteiger partial charge >= 0.3 is 0 Å². The van der Waals surface area contributed by atoms with Crippen LogP contribution in [0, 0.1) is 5.82 Å². The van der Waals surface area contributed by atoms with Crippen molar-refractivity contribution in [3.63, 3.8) is 0 Å². The fourth-order valence-electron chi connectivity index (χ4n) is 4.89. The summed E-state index contributed by atoms with van der Waals surface area (Å²) in [6, 6.07) is 20.7. The third-order valence-corrected chi connectivity index (χ3v) is 6.63. The lowest BCUT2D eigenvalue weighted by molar-refractivity contribution is 0.0966. The van der Waals surface area contributed by atoms with Crippen LogP contribution in [0.5, 0.6) is 0 Å². The normalized spacial score (nSPS) is 15.7. The molecule has 6 nitrogen and oxygen atoms in total. The van der Waals surface area contributed by atoms with Crippen LogP contribution in [0.2, 0.25) is 0 Å². The van der Waals surface area contributed by atoms with Crippen molar-refractivity contribution in [2.24, 2.45) is 5.73 Å². The van der Waals surface area contributed by atoms with Crippen molar-refractivity contribution in [2.75, 3.05) is 14.1 Å². The summed E-state index contributed by atoms with van der Waals surface area (Å²) in [7, 11) is 4.03. The maximum atomic E-state index is 15.5. The van der Waals surface area contributed by atoms with Gasteiger partial charge < -0.3 is 16.0 Å². The Morgan fingerprint density at radius 3 is 2.72 bits per heavy atom. The Kier molecular flexibility index (Phi) is 6.78. The number of hydrogen-bond donors (Lipinski definition) is 2. The predicted molar refractivity (Wildman–Crippen MR) is 139 cm³/mol. The van der Waals surface area contributed by atoms with Crippen LogP contribution in [0.1, 0.15) is 45.3 Å². The van der Waals surface area contributed by atoms with Crippen molar-refractivity contribution in [1.82, 2.24) is 19.8 Å². The summed E-state index contributed by atoms with van der Waals surface area (Å²) in [4.78, 5) is 20.0. The topological polar surface area (TPSA) is 76.2 Å². The second-order valence-electron chi connectivity index (χ2n) is 9.48. The summed E-state index contributed by atoms with van der Waals surface area (Å²) in [5, 5.41) is 3.35. The Labute approximate surface area is 210 Å². The largest absolute Gasteiger partial charge is 0.326 e. The maximum Gasteiger partial charge on any atom is 0.183 e. The molecule has 0 fully saturated rings. The molecule has 0 bridgehead atoms. The molecule has 1 aromatic heterocycles. The zero-order valence-corrected chi connectivity index (χ0v) is 20.5. The monoisotopic (exact) mass is 483 g/mol. The van der Waals surface area contributed by atoms with E-state index in [2.05, 4.69) is 21.3 Å². The lowest BCUT2D eigenvalue weighted by Crippen LogP contribution is -2.21. The number of Topliss-reactive ketones (excluding diaryl/α,β-unsaturated/α-hetero) is 1. The van der Waals surface area contributed by atoms with E-state index in [0.29, 0.717) is 30.0 Å². The average molecular weight is 484 g/mol. The molecule has 0 spiro atoms. The van der Waals surface area contributed by atoms with Crippen LogP contribution < -0.4 is 11.1 Å². The second kappa shape index (κ2) is 10.1. The van der Waals surface area contributed by atoms with Gasteiger partial charge in [0.2, 0.25) is 0 Å². The molecule has 0 aliphatic carbocycles. The lowest BCUT2D eigenvalue weighted by atomic mass is 9.95. The van der Waals surface area contributed by atoms with Crippen LogP contribution in [0.3, 0.4) is 0 Å². The SMILES string of the molecule is CN(C)Cc1ccccc1-c1ccc(C2CC(=O)c3c(ncn3-c3cccc(CN)c3)CN2)c(F)c1. The minimum absolute atomic E-state index is 0.0737. The minimum atomic E-state index is -0.443. The molecular weight excluding hydrogens is 453 g/mol. The summed E-state index contributed by atoms with van der Waals surface area (Å²) in [6.07, 6.45) is 1.81. The fraction of sp³-hybridized carbons (Fsp3) is 0.241. The maximum absolute atomic E-state index is 15.5. The molecule has 7 heteroatoms. The van der Waals surface area contributed by atoms with E-state index in [1.54, 1.807) is 18.5 Å². The Bertz CT molecular complexity index is 1410. The van der Waals surface area contributed by atoms with Crippen molar-refractivity contribution < 1.29 is 9.18 Å². The van der Waals surface area contributed by atoms with Crippen LogP contribution in [-0.2, 0) is 19.6 Å². The van der Waals surface area contributed by atoms with Gasteiger partial charge in [-0.2, -0.15) is 0 Å². The Balaban J connectivity index is 1.42. The van der Waals surface area contributed by atoms with Gasteiger partial charge in [-0.25, -0.2) is 9.37 Å². The molecule has 1 aliphatic heterocycles. The molecule has 3 N–H and O–H groups in total. The van der Waals surface area contributed by atoms with Crippen molar-refractivity contribution in [2.45, 2.75) is 32.1 Å². The zero-order valence-electron chi connectivity index (χ0n) is 20.5. The van der Waals surface area contributed by atoms with Crippen LogP contribution in [0.15, 0.2) is 73.1 Å². The van der Waals surface area contributed by atoms with Crippen molar-refractivity contribution in [1.29, 1.82) is 0 Å². The zero-order chi connectivity index (χ0) is 25.2. The summed E-state index contributed by atoms with van der Waals surface area (Å²) < 4.78 is 17.3. The quantitative estimate of drug-likeness (QED) is 0.419. The standard InChI is InChI=1S/C29H30FN5O/c1-34(2)17-21-7-3-4-9-23(21)20-10-11-24(25(30)13-20)26-14-28(36)29-27(16-32-26)33-18-35(29)22-8-5-6-19(12-22)15-31/h3-13,18,26,32H,14-17,31H2,1-2H3. The highest BCUT2D eigenvalue weighted by atomic mass is 19.1. The van der Waals surface area contributed by atoms with E-state index in [1.165, 1.54) is 0 Å². The van der Waals surface area contributed by atoms with Crippen molar-refractivity contribution in [3.8, 4) is 16.8 Å². The lowest BCUT2D eigenvalue weighted by Gasteiger charge is -2.18. The highest BCUT2D eigenvalue weighted by Crippen LogP contribution is 2.32. The first kappa shape index (κ1) is 24.1. The highest BCUT2D eigenvalue weighted by molar-refractivity contribution is 5.97. The third-order valence-electron chi connectivity index (χ3n) is 6.63. The second-order valence-corrected chi connectivity index (χ2v) is 9.48. The van der Waals surface area contributed by atoms with Crippen molar-refractivity contribution in [3.05, 3.63) is 107 Å². The number of carbonyl (C=O) groups excluding carboxylic acids is 1. The average Bonchev–Trinajstić information content (AvgIpc) is 3.24. The molecule has 5 rings (SSSR count). The van der Waals surface area contributed by atoms with Gasteiger partial charge in [0.1, 0.15) is 17.8 Å². The molecule has 1 atom stereocenters. The number of imidazole rings is 1. The molecule has 0 saturated heterocycles. The van der Waals surface area contributed by atoms with E-state index in [0.717, 1.165) is 34.5 Å². The number of hydrogen-bond acceptors (Lipinski definition) is 5. The third kappa shape index (κ3) is 4.73. The molecule has 0 amide bonds. The van der Waals surface area contributed by atoms with E-state index in [1.807, 2.05) is 67.2 Å². The summed E-state index contributed by atoms with van der Waals surface area (Å²) >= 11 is 0. The van der Waals surface area contributed by atoms with Crippen LogP contribution in [-0.4, -0.2) is 34.3 Å². The van der Waals surface area contributed by atoms with Crippen LogP contribution >= 0.6 is 0 Å². The molecule has 2 heterocycles. The Morgan fingerprint density at radius 1 is 1.11 bits per heavy atom. The van der Waals surface area contributed by atoms with Gasteiger partial charge in [0.15, 0.2) is 5.78 Å². The molecule has 1 aliphatic rings. The minimum Gasteiger partial charge on any atom is -0.326 e. The Morgan fingerprint density at radius 2 is 1.94 bits per heavy atom. The number of nitrogens with two attached hydrogens (primary N) is 1. The van der Waals surface area contributed by atoms with E-state index >= 15 is 4.39 Å². The summed E-state index contributed by atoms with van der Waals surface area (Å²) in [6.45, 7) is 1.56.